The van der Waals surface area contributed by atoms with Crippen LogP contribution in [0.2, 0.25) is 0 Å². The average Bonchev–Trinajstić information content (AvgIpc) is 3.30. The third-order valence-corrected chi connectivity index (χ3v) is 6.00. The van der Waals surface area contributed by atoms with Crippen molar-refractivity contribution in [2.24, 2.45) is 0 Å². The third-order valence-electron chi connectivity index (χ3n) is 6.00. The topological polar surface area (TPSA) is 97.0 Å². The Bertz CT molecular complexity index is 1070. The number of nitrogens with one attached hydrogen (secondary N) is 2. The number of fused-ring (bicyclic) bond motifs is 3. The highest BCUT2D eigenvalue weighted by Crippen LogP contribution is 2.40. The van der Waals surface area contributed by atoms with Gasteiger partial charge in [-0.2, -0.15) is 0 Å². The molecule has 154 valence electrons. The van der Waals surface area contributed by atoms with Crippen molar-refractivity contribution in [3.63, 3.8) is 0 Å². The van der Waals surface area contributed by atoms with Gasteiger partial charge in [0.2, 0.25) is 12.7 Å². The van der Waals surface area contributed by atoms with Crippen molar-refractivity contribution in [3.05, 3.63) is 53.6 Å². The van der Waals surface area contributed by atoms with E-state index in [9.17, 15) is 14.4 Å². The summed E-state index contributed by atoms with van der Waals surface area (Å²) >= 11 is 0. The summed E-state index contributed by atoms with van der Waals surface area (Å²) in [4.78, 5) is 40.1. The fourth-order valence-corrected chi connectivity index (χ4v) is 4.47. The summed E-state index contributed by atoms with van der Waals surface area (Å²) in [5.74, 6) is 0.299. The molecule has 8 nitrogen and oxygen atoms in total. The monoisotopic (exact) mass is 407 g/mol. The van der Waals surface area contributed by atoms with Crippen molar-refractivity contribution in [2.45, 2.75) is 37.8 Å². The molecule has 2 atom stereocenters. The van der Waals surface area contributed by atoms with Gasteiger partial charge >= 0.3 is 6.03 Å². The van der Waals surface area contributed by atoms with E-state index < -0.39 is 23.5 Å². The number of aryl methyl sites for hydroxylation is 1. The minimum absolute atomic E-state index is 0.134. The van der Waals surface area contributed by atoms with Crippen LogP contribution in [0.1, 0.15) is 30.9 Å². The molecule has 1 saturated heterocycles. The van der Waals surface area contributed by atoms with Gasteiger partial charge < -0.3 is 20.1 Å². The number of amides is 4. The number of rotatable bonds is 3. The largest absolute Gasteiger partial charge is 0.454 e. The molecule has 0 aromatic heterocycles. The fraction of sp³-hybridized carbons (Fsp3) is 0.318. The van der Waals surface area contributed by atoms with Crippen LogP contribution < -0.4 is 20.1 Å². The standard InChI is InChI=1S/C22H21N3O5/c1-13(19(26)23-15-8-9-17-18(11-15)30-12-29-17)25-20(27)22(24-21(25)28)10-4-6-14-5-2-3-7-16(14)22/h2-3,5,7-9,11,13H,4,6,10,12H2,1H3,(H,23,26)(H,24,28)/t13-,22-/m0/s1. The molecular weight excluding hydrogens is 386 g/mol. The van der Waals surface area contributed by atoms with Crippen LogP contribution in [0.5, 0.6) is 11.5 Å². The normalized spacial score (nSPS) is 22.6. The van der Waals surface area contributed by atoms with Gasteiger partial charge in [0.15, 0.2) is 11.5 Å². The molecular formula is C22H21N3O5. The lowest BCUT2D eigenvalue weighted by Gasteiger charge is -2.33. The van der Waals surface area contributed by atoms with Crippen LogP contribution in [0.3, 0.4) is 0 Å². The van der Waals surface area contributed by atoms with E-state index in [1.165, 1.54) is 0 Å². The van der Waals surface area contributed by atoms with E-state index in [1.54, 1.807) is 25.1 Å². The number of anilines is 1. The molecule has 2 heterocycles. The highest BCUT2D eigenvalue weighted by molar-refractivity contribution is 6.11. The summed E-state index contributed by atoms with van der Waals surface area (Å²) in [6.07, 6.45) is 2.16. The molecule has 0 bridgehead atoms. The van der Waals surface area contributed by atoms with Crippen LogP contribution in [-0.2, 0) is 21.5 Å². The second-order valence-electron chi connectivity index (χ2n) is 7.75. The van der Waals surface area contributed by atoms with Gasteiger partial charge in [0.1, 0.15) is 11.6 Å². The lowest BCUT2D eigenvalue weighted by Crippen LogP contribution is -2.49. The van der Waals surface area contributed by atoms with Gasteiger partial charge in [-0.3, -0.25) is 9.59 Å². The molecule has 2 aliphatic heterocycles. The molecule has 1 spiro atoms. The Kier molecular flexibility index (Phi) is 4.16. The van der Waals surface area contributed by atoms with Gasteiger partial charge in [0.25, 0.3) is 5.91 Å². The summed E-state index contributed by atoms with van der Waals surface area (Å²) in [6.45, 7) is 1.68. The Morgan fingerprint density at radius 3 is 2.83 bits per heavy atom. The highest BCUT2D eigenvalue weighted by atomic mass is 16.7. The average molecular weight is 407 g/mol. The Labute approximate surface area is 173 Å². The summed E-state index contributed by atoms with van der Waals surface area (Å²) in [7, 11) is 0. The van der Waals surface area contributed by atoms with E-state index in [1.807, 2.05) is 24.3 Å². The Balaban J connectivity index is 1.39. The van der Waals surface area contributed by atoms with Gasteiger partial charge in [-0.25, -0.2) is 9.69 Å². The second-order valence-corrected chi connectivity index (χ2v) is 7.75. The van der Waals surface area contributed by atoms with Gasteiger partial charge in [-0.05, 0) is 49.4 Å². The molecule has 5 rings (SSSR count). The van der Waals surface area contributed by atoms with E-state index in [2.05, 4.69) is 10.6 Å². The lowest BCUT2D eigenvalue weighted by atomic mass is 9.76. The van der Waals surface area contributed by atoms with Crippen molar-refractivity contribution in [1.29, 1.82) is 0 Å². The third kappa shape index (κ3) is 2.71. The molecule has 3 aliphatic rings. The number of urea groups is 1. The van der Waals surface area contributed by atoms with Crippen LogP contribution in [0.4, 0.5) is 10.5 Å². The maximum Gasteiger partial charge on any atom is 0.326 e. The molecule has 0 unspecified atom stereocenters. The zero-order chi connectivity index (χ0) is 20.9. The maximum atomic E-state index is 13.4. The summed E-state index contributed by atoms with van der Waals surface area (Å²) in [5.41, 5.74) is 1.28. The molecule has 1 aliphatic carbocycles. The van der Waals surface area contributed by atoms with Crippen LogP contribution in [-0.4, -0.2) is 35.6 Å². The van der Waals surface area contributed by atoms with Crippen molar-refractivity contribution in [1.82, 2.24) is 10.2 Å². The minimum Gasteiger partial charge on any atom is -0.454 e. The molecule has 2 aromatic rings. The van der Waals surface area contributed by atoms with E-state index >= 15 is 0 Å². The maximum absolute atomic E-state index is 13.4. The zero-order valence-corrected chi connectivity index (χ0v) is 16.4. The number of ether oxygens (including phenoxy) is 2. The molecule has 0 radical (unpaired) electrons. The van der Waals surface area contributed by atoms with E-state index in [-0.39, 0.29) is 12.7 Å². The van der Waals surface area contributed by atoms with Crippen molar-refractivity contribution >= 4 is 23.5 Å². The number of hydrogen-bond acceptors (Lipinski definition) is 5. The van der Waals surface area contributed by atoms with Crippen molar-refractivity contribution in [2.75, 3.05) is 12.1 Å². The molecule has 30 heavy (non-hydrogen) atoms. The summed E-state index contributed by atoms with van der Waals surface area (Å²) < 4.78 is 10.6. The summed E-state index contributed by atoms with van der Waals surface area (Å²) in [6, 6.07) is 11.2. The lowest BCUT2D eigenvalue weighted by molar-refractivity contribution is -0.137. The zero-order valence-electron chi connectivity index (χ0n) is 16.4. The first-order valence-electron chi connectivity index (χ1n) is 9.94. The summed E-state index contributed by atoms with van der Waals surface area (Å²) in [5, 5.41) is 5.63. The Hall–Kier alpha value is -3.55. The van der Waals surface area contributed by atoms with Crippen LogP contribution in [0.15, 0.2) is 42.5 Å². The quantitative estimate of drug-likeness (QED) is 0.762. The number of benzene rings is 2. The molecule has 2 aromatic carbocycles. The smallest absolute Gasteiger partial charge is 0.326 e. The fourth-order valence-electron chi connectivity index (χ4n) is 4.47. The predicted molar refractivity (Wildman–Crippen MR) is 107 cm³/mol. The van der Waals surface area contributed by atoms with Crippen molar-refractivity contribution < 1.29 is 23.9 Å². The number of carbonyl (C=O) groups is 3. The second kappa shape index (κ2) is 6.76. The van der Waals surface area contributed by atoms with Gasteiger partial charge in [-0.1, -0.05) is 24.3 Å². The van der Waals surface area contributed by atoms with Crippen LogP contribution in [0, 0.1) is 0 Å². The van der Waals surface area contributed by atoms with E-state index in [4.69, 9.17) is 9.47 Å². The highest BCUT2D eigenvalue weighted by Gasteiger charge is 2.55. The van der Waals surface area contributed by atoms with Gasteiger partial charge in [0, 0.05) is 11.8 Å². The Morgan fingerprint density at radius 2 is 1.97 bits per heavy atom. The molecule has 1 fully saturated rings. The first-order valence-corrected chi connectivity index (χ1v) is 9.94. The van der Waals surface area contributed by atoms with E-state index in [0.29, 0.717) is 23.6 Å². The first-order chi connectivity index (χ1) is 14.5. The number of carbonyl (C=O) groups excluding carboxylic acids is 3. The number of nitrogens with zero attached hydrogens (tertiary/aromatic N) is 1. The van der Waals surface area contributed by atoms with Gasteiger partial charge in [-0.15, -0.1) is 0 Å². The molecule has 0 saturated carbocycles. The molecule has 2 N–H and O–H groups in total. The van der Waals surface area contributed by atoms with Crippen LogP contribution >= 0.6 is 0 Å². The first kappa shape index (κ1) is 18.5. The SMILES string of the molecule is C[C@@H](C(=O)Nc1ccc2c(c1)OCO2)N1C(=O)N[C@]2(CCCc3ccccc32)C1=O. The predicted octanol–water partition coefficient (Wildman–Crippen LogP) is 2.53. The van der Waals surface area contributed by atoms with Crippen molar-refractivity contribution in [3.8, 4) is 11.5 Å². The number of imide groups is 1. The minimum atomic E-state index is -1.10. The van der Waals surface area contributed by atoms with Crippen LogP contribution in [0.25, 0.3) is 0 Å². The molecule has 4 amide bonds. The van der Waals surface area contributed by atoms with Gasteiger partial charge in [0.05, 0.1) is 0 Å². The number of hydrogen-bond donors (Lipinski definition) is 2. The molecule has 8 heteroatoms. The Morgan fingerprint density at radius 1 is 1.17 bits per heavy atom. The van der Waals surface area contributed by atoms with E-state index in [0.717, 1.165) is 28.9 Å².